The van der Waals surface area contributed by atoms with Crippen molar-refractivity contribution in [2.75, 3.05) is 19.7 Å². The first-order chi connectivity index (χ1) is 7.70. The smallest absolute Gasteiger partial charge is 0.228 e. The first-order valence-electron chi connectivity index (χ1n) is 5.88. The predicted octanol–water partition coefficient (Wildman–Crippen LogP) is 0.802. The minimum atomic E-state index is 0.0599. The van der Waals surface area contributed by atoms with E-state index < -0.39 is 0 Å². The van der Waals surface area contributed by atoms with E-state index >= 15 is 0 Å². The van der Waals surface area contributed by atoms with E-state index in [1.807, 2.05) is 0 Å². The Morgan fingerprint density at radius 2 is 2.38 bits per heavy atom. The van der Waals surface area contributed by atoms with Crippen LogP contribution in [0.3, 0.4) is 0 Å². The molecule has 1 aliphatic rings. The first kappa shape index (κ1) is 11.5. The Morgan fingerprint density at radius 1 is 1.56 bits per heavy atom. The molecule has 0 radical (unpaired) electrons. The molecular formula is C11H19N3O2. The SMILES string of the molecule is CC(C)N1CCC(c2noc(CCO)n2)C1. The van der Waals surface area contributed by atoms with Gasteiger partial charge in [-0.1, -0.05) is 5.16 Å². The van der Waals surface area contributed by atoms with E-state index in [2.05, 4.69) is 28.9 Å². The van der Waals surface area contributed by atoms with Gasteiger partial charge in [-0.25, -0.2) is 0 Å². The number of rotatable bonds is 4. The van der Waals surface area contributed by atoms with E-state index in [1.54, 1.807) is 0 Å². The van der Waals surface area contributed by atoms with Gasteiger partial charge in [-0.05, 0) is 26.8 Å². The Labute approximate surface area is 95.4 Å². The average molecular weight is 225 g/mol. The highest BCUT2D eigenvalue weighted by Crippen LogP contribution is 2.26. The highest BCUT2D eigenvalue weighted by atomic mass is 16.5. The van der Waals surface area contributed by atoms with Crippen molar-refractivity contribution in [1.82, 2.24) is 15.0 Å². The lowest BCUT2D eigenvalue weighted by Gasteiger charge is -2.19. The molecule has 0 spiro atoms. The Kier molecular flexibility index (Phi) is 3.56. The minimum Gasteiger partial charge on any atom is -0.396 e. The molecule has 1 aromatic rings. The van der Waals surface area contributed by atoms with Crippen molar-refractivity contribution >= 4 is 0 Å². The highest BCUT2D eigenvalue weighted by Gasteiger charge is 2.28. The van der Waals surface area contributed by atoms with Crippen LogP contribution in [0.25, 0.3) is 0 Å². The normalized spacial score (nSPS) is 22.1. The second-order valence-corrected chi connectivity index (χ2v) is 4.59. The molecule has 90 valence electrons. The molecule has 0 saturated carbocycles. The van der Waals surface area contributed by atoms with E-state index in [9.17, 15) is 0 Å². The number of hydrogen-bond acceptors (Lipinski definition) is 5. The van der Waals surface area contributed by atoms with Gasteiger partial charge >= 0.3 is 0 Å². The molecule has 5 nitrogen and oxygen atoms in total. The Hall–Kier alpha value is -0.940. The third kappa shape index (κ3) is 2.41. The zero-order valence-electron chi connectivity index (χ0n) is 9.89. The van der Waals surface area contributed by atoms with Crippen LogP contribution in [0.4, 0.5) is 0 Å². The van der Waals surface area contributed by atoms with Gasteiger partial charge in [0.15, 0.2) is 5.82 Å². The summed E-state index contributed by atoms with van der Waals surface area (Å²) in [7, 11) is 0. The fourth-order valence-electron chi connectivity index (χ4n) is 2.10. The van der Waals surface area contributed by atoms with Gasteiger partial charge in [0.1, 0.15) is 0 Å². The molecule has 1 fully saturated rings. The lowest BCUT2D eigenvalue weighted by atomic mass is 10.1. The molecule has 0 amide bonds. The summed E-state index contributed by atoms with van der Waals surface area (Å²) >= 11 is 0. The maximum absolute atomic E-state index is 8.77. The molecule has 0 aliphatic carbocycles. The average Bonchev–Trinajstić information content (AvgIpc) is 2.84. The molecule has 1 aromatic heterocycles. The summed E-state index contributed by atoms with van der Waals surface area (Å²) in [6.07, 6.45) is 1.55. The van der Waals surface area contributed by atoms with Gasteiger partial charge in [-0.2, -0.15) is 4.98 Å². The summed E-state index contributed by atoms with van der Waals surface area (Å²) in [4.78, 5) is 6.73. The molecular weight excluding hydrogens is 206 g/mol. The molecule has 1 atom stereocenters. The summed E-state index contributed by atoms with van der Waals surface area (Å²) in [6.45, 7) is 6.58. The van der Waals surface area contributed by atoms with Crippen LogP contribution >= 0.6 is 0 Å². The second-order valence-electron chi connectivity index (χ2n) is 4.59. The molecule has 2 rings (SSSR count). The van der Waals surface area contributed by atoms with Gasteiger partial charge in [0.05, 0.1) is 13.0 Å². The number of aliphatic hydroxyl groups excluding tert-OH is 1. The van der Waals surface area contributed by atoms with E-state index in [4.69, 9.17) is 9.63 Å². The highest BCUT2D eigenvalue weighted by molar-refractivity contribution is 5.00. The largest absolute Gasteiger partial charge is 0.396 e. The minimum absolute atomic E-state index is 0.0599. The number of aliphatic hydroxyl groups is 1. The van der Waals surface area contributed by atoms with Gasteiger partial charge in [0, 0.05) is 18.5 Å². The van der Waals surface area contributed by atoms with Gasteiger partial charge in [0.25, 0.3) is 0 Å². The summed E-state index contributed by atoms with van der Waals surface area (Å²) in [5, 5.41) is 12.8. The lowest BCUT2D eigenvalue weighted by Crippen LogP contribution is -2.28. The van der Waals surface area contributed by atoms with Crippen LogP contribution in [0.15, 0.2) is 4.52 Å². The predicted molar refractivity (Wildman–Crippen MR) is 59.2 cm³/mol. The van der Waals surface area contributed by atoms with E-state index in [0.717, 1.165) is 25.3 Å². The van der Waals surface area contributed by atoms with Gasteiger partial charge in [-0.15, -0.1) is 0 Å². The summed E-state index contributed by atoms with van der Waals surface area (Å²) in [5.41, 5.74) is 0. The van der Waals surface area contributed by atoms with E-state index in [0.29, 0.717) is 24.3 Å². The van der Waals surface area contributed by atoms with Crippen molar-refractivity contribution in [3.05, 3.63) is 11.7 Å². The zero-order chi connectivity index (χ0) is 11.5. The van der Waals surface area contributed by atoms with Gasteiger partial charge in [0.2, 0.25) is 5.89 Å². The van der Waals surface area contributed by atoms with E-state index in [-0.39, 0.29) is 6.61 Å². The molecule has 2 heterocycles. The molecule has 0 bridgehead atoms. The number of hydrogen-bond donors (Lipinski definition) is 1. The van der Waals surface area contributed by atoms with Crippen LogP contribution in [0.5, 0.6) is 0 Å². The van der Waals surface area contributed by atoms with Crippen LogP contribution in [0, 0.1) is 0 Å². The standard InChI is InChI=1S/C11H19N3O2/c1-8(2)14-5-3-9(7-14)11-12-10(4-6-15)16-13-11/h8-9,15H,3-7H2,1-2H3. The van der Waals surface area contributed by atoms with Crippen LogP contribution in [0.1, 0.15) is 37.9 Å². The molecule has 1 unspecified atom stereocenters. The molecule has 0 aromatic carbocycles. The van der Waals surface area contributed by atoms with Crippen LogP contribution in [-0.2, 0) is 6.42 Å². The number of nitrogens with zero attached hydrogens (tertiary/aromatic N) is 3. The Bertz CT molecular complexity index is 338. The van der Waals surface area contributed by atoms with Crippen LogP contribution in [-0.4, -0.2) is 45.9 Å². The van der Waals surface area contributed by atoms with Crippen molar-refractivity contribution in [2.24, 2.45) is 0 Å². The summed E-state index contributed by atoms with van der Waals surface area (Å²) in [6, 6.07) is 0.578. The number of likely N-dealkylation sites (tertiary alicyclic amines) is 1. The Balaban J connectivity index is 1.97. The van der Waals surface area contributed by atoms with Crippen molar-refractivity contribution in [3.63, 3.8) is 0 Å². The van der Waals surface area contributed by atoms with E-state index in [1.165, 1.54) is 0 Å². The zero-order valence-corrected chi connectivity index (χ0v) is 9.89. The third-order valence-corrected chi connectivity index (χ3v) is 3.12. The van der Waals surface area contributed by atoms with Crippen molar-refractivity contribution < 1.29 is 9.63 Å². The van der Waals surface area contributed by atoms with Crippen LogP contribution < -0.4 is 0 Å². The third-order valence-electron chi connectivity index (χ3n) is 3.12. The van der Waals surface area contributed by atoms with Crippen molar-refractivity contribution in [3.8, 4) is 0 Å². The lowest BCUT2D eigenvalue weighted by molar-refractivity contribution is 0.269. The quantitative estimate of drug-likeness (QED) is 0.821. The van der Waals surface area contributed by atoms with Crippen LogP contribution in [0.2, 0.25) is 0 Å². The monoisotopic (exact) mass is 225 g/mol. The second kappa shape index (κ2) is 4.93. The molecule has 1 N–H and O–H groups in total. The Morgan fingerprint density at radius 3 is 3.00 bits per heavy atom. The summed E-state index contributed by atoms with van der Waals surface area (Å²) < 4.78 is 5.07. The topological polar surface area (TPSA) is 62.4 Å². The van der Waals surface area contributed by atoms with Gasteiger partial charge in [-0.3, -0.25) is 0 Å². The van der Waals surface area contributed by atoms with Crippen molar-refractivity contribution in [2.45, 2.75) is 38.6 Å². The molecule has 5 heteroatoms. The fourth-order valence-corrected chi connectivity index (χ4v) is 2.10. The number of aromatic nitrogens is 2. The maximum atomic E-state index is 8.77. The fraction of sp³-hybridized carbons (Fsp3) is 0.818. The van der Waals surface area contributed by atoms with Crippen molar-refractivity contribution in [1.29, 1.82) is 0 Å². The van der Waals surface area contributed by atoms with Gasteiger partial charge < -0.3 is 14.5 Å². The molecule has 1 saturated heterocycles. The summed E-state index contributed by atoms with van der Waals surface area (Å²) in [5.74, 6) is 1.73. The molecule has 16 heavy (non-hydrogen) atoms. The first-order valence-corrected chi connectivity index (χ1v) is 5.88. The molecule has 1 aliphatic heterocycles. The maximum Gasteiger partial charge on any atom is 0.228 e.